The Morgan fingerprint density at radius 1 is 0.937 bits per heavy atom. The van der Waals surface area contributed by atoms with Gasteiger partial charge in [-0.3, -0.25) is 0 Å². The van der Waals surface area contributed by atoms with Crippen LogP contribution < -0.4 is 41.1 Å². The van der Waals surface area contributed by atoms with E-state index in [1.54, 1.807) is 31.5 Å². The minimum atomic E-state index is -2.55. The molecule has 335 valence electrons. The standard InChI is InChI=1S/C45H54ClN10O5P.Co/c1-29-23-32(9-11-34(29)43(58)49-38-13-14-41(57)51-44(38)59)56-27-30(28-56)26-53-19-21-55(22-20-53)31-15-17-54(18-16-31)33-10-12-36(39(24-33)61-2)50-45-47-25-35(46)42(52-45)48-37-7-5-6-8-40(37)62(3,4)60;/h1,5-12,23-25,30-31,38H,13-22,26-28H2,2-4H3,(H,49,58)(H,51,57,59)(H2,47,48,50,52);. The van der Waals surface area contributed by atoms with Crippen LogP contribution in [-0.2, 0) is 29.5 Å². The fourth-order valence-corrected chi connectivity index (χ4v) is 10.5. The van der Waals surface area contributed by atoms with E-state index >= 15 is 0 Å². The molecule has 0 aliphatic carbocycles. The topological polar surface area (TPSA) is 164 Å². The van der Waals surface area contributed by atoms with Gasteiger partial charge in [0.2, 0.25) is 5.95 Å². The summed E-state index contributed by atoms with van der Waals surface area (Å²) in [4.78, 5) is 57.4. The zero-order valence-corrected chi connectivity index (χ0v) is 38.4. The Labute approximate surface area is 381 Å². The van der Waals surface area contributed by atoms with E-state index in [0.29, 0.717) is 57.7 Å². The second-order valence-corrected chi connectivity index (χ2v) is 21.0. The van der Waals surface area contributed by atoms with Gasteiger partial charge < -0.3 is 24.8 Å². The van der Waals surface area contributed by atoms with Gasteiger partial charge in [-0.25, -0.2) is 4.98 Å². The maximum atomic E-state index is 13.0. The first-order chi connectivity index (χ1) is 30.3. The molecule has 4 aliphatic rings. The number of rotatable bonds is 14. The number of benzene rings is 3. The Bertz CT molecular complexity index is 2420. The van der Waals surface area contributed by atoms with Gasteiger partial charge in [-0.05, 0) is 50.4 Å². The molecule has 4 aliphatic heterocycles. The van der Waals surface area contributed by atoms with Gasteiger partial charge in [0.05, 0.1) is 24.7 Å². The van der Waals surface area contributed by atoms with Crippen molar-refractivity contribution >= 4 is 81.2 Å². The third kappa shape index (κ3) is 10.6. The van der Waals surface area contributed by atoms with Crippen LogP contribution in [0.2, 0.25) is 5.02 Å². The number of hydrogen-bond acceptors (Lipinski definition) is 13. The summed E-state index contributed by atoms with van der Waals surface area (Å²) in [6, 6.07) is 19.2. The summed E-state index contributed by atoms with van der Waals surface area (Å²) < 4.78 is 18.7. The normalized spacial score (nSPS) is 19.3. The van der Waals surface area contributed by atoms with Crippen molar-refractivity contribution in [1.82, 2.24) is 30.4 Å². The van der Waals surface area contributed by atoms with Gasteiger partial charge in [0.1, 0.15) is 17.9 Å². The van der Waals surface area contributed by atoms with Crippen LogP contribution in [0.4, 0.5) is 34.5 Å². The van der Waals surface area contributed by atoms with Gasteiger partial charge in [-0.1, -0.05) is 23.7 Å². The minimum Gasteiger partial charge on any atom is -0.338 e. The Morgan fingerprint density at radius 2 is 1.67 bits per heavy atom. The number of piperazine rings is 1. The fourth-order valence-electron chi connectivity index (χ4n) is 8.95. The molecule has 1 aromatic heterocycles. The van der Waals surface area contributed by atoms with Crippen LogP contribution in [0.5, 0.6) is 5.75 Å². The molecule has 5 heterocycles. The largest absolute Gasteiger partial charge is 0.338 e. The predicted octanol–water partition coefficient (Wildman–Crippen LogP) is 4.83. The number of amides is 3. The van der Waals surface area contributed by atoms with Crippen molar-refractivity contribution in [3.63, 3.8) is 0 Å². The zero-order chi connectivity index (χ0) is 44.3. The molecule has 0 radical (unpaired) electrons. The first-order valence-corrected chi connectivity index (χ1v) is 25.0. The summed E-state index contributed by atoms with van der Waals surface area (Å²) in [6.07, 6.45) is 4.24. The third-order valence-corrected chi connectivity index (χ3v) is 14.6. The van der Waals surface area contributed by atoms with Crippen LogP contribution in [0, 0.1) is 5.92 Å². The molecule has 4 aromatic rings. The van der Waals surface area contributed by atoms with E-state index in [0.717, 1.165) is 94.1 Å². The van der Waals surface area contributed by atoms with Gasteiger partial charge in [-0.15, -0.1) is 0 Å². The number of carbonyl (C=O) groups excluding carboxylic acids is 3. The number of ether oxygens (including phenoxy) is 1. The molecule has 0 spiro atoms. The fraction of sp³-hybridized carbons (Fsp3) is 0.422. The molecule has 18 heteroatoms. The summed E-state index contributed by atoms with van der Waals surface area (Å²) >= 11 is 10.9. The molecule has 15 nitrogen and oxygen atoms in total. The molecule has 4 saturated heterocycles. The molecule has 1 unspecified atom stereocenters. The number of para-hydroxylation sites is 1. The van der Waals surface area contributed by atoms with Crippen LogP contribution in [0.25, 0.3) is 0 Å². The number of halogens is 1. The van der Waals surface area contributed by atoms with E-state index in [-0.39, 0.29) is 18.2 Å². The molecule has 4 fully saturated rings. The van der Waals surface area contributed by atoms with Crippen molar-refractivity contribution in [3.8, 4) is 5.75 Å². The smallest absolute Gasteiger partial charge is 0.229 e. The van der Waals surface area contributed by atoms with Crippen molar-refractivity contribution in [1.29, 1.82) is 0 Å². The molecular weight excluding hydrogens is 886 g/mol. The van der Waals surface area contributed by atoms with E-state index < -0.39 is 19.1 Å². The molecule has 3 amide bonds. The number of nitrogens with one attached hydrogen (secondary N) is 4. The van der Waals surface area contributed by atoms with Gasteiger partial charge in [0.15, 0.2) is 5.82 Å². The van der Waals surface area contributed by atoms with E-state index in [1.165, 1.54) is 6.20 Å². The van der Waals surface area contributed by atoms with Crippen LogP contribution in [0.1, 0.15) is 41.6 Å². The number of aromatic nitrogens is 2. The SMILES string of the molecule is COc1cc(N2CCC(N3CCN(CC4CN(c5ccc(C(=O)NC6CCC(=O)NC6=O)c([CH]=[Co])c5)C4)CC3)CC2)ccc1Nc1ncc(Cl)c(Nc2ccccc2P(C)(C)=O)n1. The van der Waals surface area contributed by atoms with Crippen LogP contribution in [0.15, 0.2) is 66.9 Å². The van der Waals surface area contributed by atoms with Crippen molar-refractivity contribution in [2.24, 2.45) is 5.92 Å². The quantitative estimate of drug-likeness (QED) is 0.101. The minimum absolute atomic E-state index is 0.203. The molecule has 0 saturated carbocycles. The number of carbonyl (C=O) groups is 3. The molecule has 0 bridgehead atoms. The van der Waals surface area contributed by atoms with Gasteiger partial charge in [0.25, 0.3) is 0 Å². The van der Waals surface area contributed by atoms with Gasteiger partial charge in [-0.2, -0.15) is 4.98 Å². The maximum Gasteiger partial charge on any atom is 0.229 e. The Balaban J connectivity index is 0.780. The van der Waals surface area contributed by atoms with E-state index in [4.69, 9.17) is 16.3 Å². The number of imide groups is 1. The number of nitrogens with zero attached hydrogens (tertiary/aromatic N) is 6. The first-order valence-electron chi connectivity index (χ1n) is 21.4. The number of anilines is 6. The van der Waals surface area contributed by atoms with Crippen LogP contribution in [0.3, 0.4) is 0 Å². The Kier molecular flexibility index (Phi) is 13.9. The van der Waals surface area contributed by atoms with Crippen molar-refractivity contribution < 1.29 is 39.0 Å². The molecule has 4 N–H and O–H groups in total. The molecule has 1 atom stereocenters. The first kappa shape index (κ1) is 44.8. The Hall–Kier alpha value is -4.83. The summed E-state index contributed by atoms with van der Waals surface area (Å²) in [5.41, 5.74) is 4.71. The molecule has 63 heavy (non-hydrogen) atoms. The summed E-state index contributed by atoms with van der Waals surface area (Å²) in [6.45, 7) is 12.7. The van der Waals surface area contributed by atoms with Crippen molar-refractivity contribution in [2.75, 3.05) is 99.8 Å². The average Bonchev–Trinajstić information content (AvgIpc) is 3.27. The van der Waals surface area contributed by atoms with Crippen LogP contribution >= 0.6 is 18.7 Å². The molecular formula is C45H54ClCoN10O5P. The predicted molar refractivity (Wildman–Crippen MR) is 246 cm³/mol. The summed E-state index contributed by atoms with van der Waals surface area (Å²) in [7, 11) is -0.888. The second kappa shape index (κ2) is 19.5. The zero-order valence-electron chi connectivity index (χ0n) is 35.7. The second-order valence-electron chi connectivity index (χ2n) is 17.1. The number of methoxy groups -OCH3 is 1. The van der Waals surface area contributed by atoms with E-state index in [2.05, 4.69) is 78.3 Å². The number of hydrogen-bond donors (Lipinski definition) is 4. The number of piperidine rings is 2. The van der Waals surface area contributed by atoms with Crippen molar-refractivity contribution in [3.05, 3.63) is 83.0 Å². The van der Waals surface area contributed by atoms with E-state index in [9.17, 15) is 18.9 Å². The summed E-state index contributed by atoms with van der Waals surface area (Å²) in [5, 5.41) is 12.7. The summed E-state index contributed by atoms with van der Waals surface area (Å²) in [5.74, 6) is 0.872. The van der Waals surface area contributed by atoms with Gasteiger partial charge >= 0.3 is 183 Å². The monoisotopic (exact) mass is 939 g/mol. The third-order valence-electron chi connectivity index (χ3n) is 12.4. The van der Waals surface area contributed by atoms with Crippen molar-refractivity contribution in [2.45, 2.75) is 37.8 Å². The average molecular weight is 940 g/mol. The van der Waals surface area contributed by atoms with Gasteiger partial charge in [0, 0.05) is 36.2 Å². The molecule has 3 aromatic carbocycles. The molecule has 8 rings (SSSR count). The Morgan fingerprint density at radius 3 is 2.38 bits per heavy atom. The maximum absolute atomic E-state index is 13.0. The van der Waals surface area contributed by atoms with E-state index in [1.807, 2.05) is 42.5 Å². The van der Waals surface area contributed by atoms with Crippen LogP contribution in [-0.4, -0.2) is 134 Å².